The van der Waals surface area contributed by atoms with Crippen molar-refractivity contribution in [3.05, 3.63) is 35.4 Å². The SMILES string of the molecule is COc1cc(N2CCN(Cc3ncc(C)c(OC)c3C)CC2)ncn1. The molecule has 1 aliphatic heterocycles. The van der Waals surface area contributed by atoms with Gasteiger partial charge in [0.15, 0.2) is 0 Å². The molecule has 0 aliphatic carbocycles. The summed E-state index contributed by atoms with van der Waals surface area (Å²) < 4.78 is 10.7. The van der Waals surface area contributed by atoms with Gasteiger partial charge in [0, 0.05) is 56.1 Å². The minimum Gasteiger partial charge on any atom is -0.496 e. The molecule has 0 saturated carbocycles. The van der Waals surface area contributed by atoms with Crippen LogP contribution in [0.2, 0.25) is 0 Å². The zero-order valence-corrected chi connectivity index (χ0v) is 15.3. The highest BCUT2D eigenvalue weighted by Crippen LogP contribution is 2.25. The van der Waals surface area contributed by atoms with Crippen molar-refractivity contribution in [2.45, 2.75) is 20.4 Å². The Bertz CT molecular complexity index is 729. The van der Waals surface area contributed by atoms with Gasteiger partial charge in [-0.25, -0.2) is 9.97 Å². The fraction of sp³-hybridized carbons (Fsp3) is 0.500. The molecular formula is C18H25N5O2. The molecule has 1 saturated heterocycles. The smallest absolute Gasteiger partial charge is 0.218 e. The van der Waals surface area contributed by atoms with Gasteiger partial charge in [-0.3, -0.25) is 9.88 Å². The topological polar surface area (TPSA) is 63.6 Å². The number of aromatic nitrogens is 3. The molecule has 1 fully saturated rings. The van der Waals surface area contributed by atoms with Crippen LogP contribution in [0.5, 0.6) is 11.6 Å². The predicted octanol–water partition coefficient (Wildman–Crippen LogP) is 1.83. The first kappa shape index (κ1) is 17.4. The summed E-state index contributed by atoms with van der Waals surface area (Å²) in [6.07, 6.45) is 3.44. The Kier molecular flexibility index (Phi) is 5.33. The van der Waals surface area contributed by atoms with Gasteiger partial charge in [-0.15, -0.1) is 0 Å². The van der Waals surface area contributed by atoms with Crippen LogP contribution in [0, 0.1) is 13.8 Å². The molecule has 0 aromatic carbocycles. The van der Waals surface area contributed by atoms with Crippen molar-refractivity contribution >= 4 is 5.82 Å². The van der Waals surface area contributed by atoms with Crippen LogP contribution in [0.15, 0.2) is 18.6 Å². The summed E-state index contributed by atoms with van der Waals surface area (Å²) in [4.78, 5) is 17.7. The second kappa shape index (κ2) is 7.65. The van der Waals surface area contributed by atoms with Gasteiger partial charge < -0.3 is 14.4 Å². The van der Waals surface area contributed by atoms with Gasteiger partial charge in [0.2, 0.25) is 5.88 Å². The maximum Gasteiger partial charge on any atom is 0.218 e. The first-order valence-corrected chi connectivity index (χ1v) is 8.44. The van der Waals surface area contributed by atoms with Crippen molar-refractivity contribution in [1.29, 1.82) is 0 Å². The first-order valence-electron chi connectivity index (χ1n) is 8.44. The summed E-state index contributed by atoms with van der Waals surface area (Å²) in [7, 11) is 3.34. The summed E-state index contributed by atoms with van der Waals surface area (Å²) in [5.74, 6) is 2.45. The Hall–Kier alpha value is -2.41. The Morgan fingerprint density at radius 1 is 1.00 bits per heavy atom. The lowest BCUT2D eigenvalue weighted by Crippen LogP contribution is -2.46. The number of nitrogens with zero attached hydrogens (tertiary/aromatic N) is 5. The van der Waals surface area contributed by atoms with Crippen LogP contribution in [-0.2, 0) is 6.54 Å². The quantitative estimate of drug-likeness (QED) is 0.820. The van der Waals surface area contributed by atoms with Crippen molar-refractivity contribution in [2.24, 2.45) is 0 Å². The number of methoxy groups -OCH3 is 2. The molecule has 0 amide bonds. The molecule has 0 radical (unpaired) electrons. The van der Waals surface area contributed by atoms with Gasteiger partial charge in [-0.1, -0.05) is 0 Å². The Morgan fingerprint density at radius 3 is 2.44 bits per heavy atom. The molecule has 2 aromatic rings. The lowest BCUT2D eigenvalue weighted by atomic mass is 10.1. The summed E-state index contributed by atoms with van der Waals surface area (Å²) in [6.45, 7) is 8.70. The fourth-order valence-electron chi connectivity index (χ4n) is 3.19. The second-order valence-corrected chi connectivity index (χ2v) is 6.23. The number of rotatable bonds is 5. The zero-order valence-electron chi connectivity index (χ0n) is 15.3. The molecule has 0 bridgehead atoms. The van der Waals surface area contributed by atoms with Crippen LogP contribution in [0.3, 0.4) is 0 Å². The van der Waals surface area contributed by atoms with Crippen LogP contribution in [-0.4, -0.2) is 60.3 Å². The number of aryl methyl sites for hydroxylation is 1. The van der Waals surface area contributed by atoms with E-state index in [0.29, 0.717) is 5.88 Å². The standard InChI is InChI=1S/C18H25N5O2/c1-13-10-19-15(14(2)18(13)25-4)11-22-5-7-23(8-6-22)16-9-17(24-3)21-12-20-16/h9-10,12H,5-8,11H2,1-4H3. The number of hydrogen-bond donors (Lipinski definition) is 0. The third-order valence-corrected chi connectivity index (χ3v) is 4.66. The van der Waals surface area contributed by atoms with Crippen molar-refractivity contribution < 1.29 is 9.47 Å². The molecule has 0 unspecified atom stereocenters. The maximum absolute atomic E-state index is 5.51. The lowest BCUT2D eigenvalue weighted by molar-refractivity contribution is 0.245. The van der Waals surface area contributed by atoms with Crippen LogP contribution in [0.25, 0.3) is 0 Å². The fourth-order valence-corrected chi connectivity index (χ4v) is 3.19. The minimum absolute atomic E-state index is 0.596. The van der Waals surface area contributed by atoms with E-state index in [1.54, 1.807) is 20.5 Å². The number of anilines is 1. The Balaban J connectivity index is 1.63. The average molecular weight is 343 g/mol. The van der Waals surface area contributed by atoms with E-state index in [0.717, 1.165) is 61.1 Å². The molecule has 0 spiro atoms. The van der Waals surface area contributed by atoms with Crippen LogP contribution in [0.4, 0.5) is 5.82 Å². The Morgan fingerprint density at radius 2 is 1.76 bits per heavy atom. The van der Waals surface area contributed by atoms with Gasteiger partial charge in [0.1, 0.15) is 17.9 Å². The molecule has 0 N–H and O–H groups in total. The third-order valence-electron chi connectivity index (χ3n) is 4.66. The highest BCUT2D eigenvalue weighted by Gasteiger charge is 2.20. The number of ether oxygens (including phenoxy) is 2. The van der Waals surface area contributed by atoms with E-state index < -0.39 is 0 Å². The molecule has 1 aliphatic rings. The van der Waals surface area contributed by atoms with E-state index in [1.165, 1.54) is 0 Å². The van der Waals surface area contributed by atoms with Crippen molar-refractivity contribution in [3.63, 3.8) is 0 Å². The highest BCUT2D eigenvalue weighted by molar-refractivity contribution is 5.42. The van der Waals surface area contributed by atoms with Crippen molar-refractivity contribution in [1.82, 2.24) is 19.9 Å². The van der Waals surface area contributed by atoms with Crippen LogP contribution in [0.1, 0.15) is 16.8 Å². The molecule has 3 heterocycles. The molecule has 25 heavy (non-hydrogen) atoms. The number of hydrogen-bond acceptors (Lipinski definition) is 7. The molecule has 134 valence electrons. The van der Waals surface area contributed by atoms with E-state index >= 15 is 0 Å². The summed E-state index contributed by atoms with van der Waals surface area (Å²) >= 11 is 0. The molecule has 7 heteroatoms. The third kappa shape index (κ3) is 3.82. The van der Waals surface area contributed by atoms with Gasteiger partial charge in [-0.05, 0) is 13.8 Å². The number of pyridine rings is 1. The molecule has 7 nitrogen and oxygen atoms in total. The summed E-state index contributed by atoms with van der Waals surface area (Å²) in [5.41, 5.74) is 3.29. The Labute approximate surface area is 148 Å². The normalized spacial score (nSPS) is 15.3. The van der Waals surface area contributed by atoms with Crippen LogP contribution >= 0.6 is 0 Å². The number of piperazine rings is 1. The van der Waals surface area contributed by atoms with Crippen molar-refractivity contribution in [3.8, 4) is 11.6 Å². The average Bonchev–Trinajstić information content (AvgIpc) is 2.65. The summed E-state index contributed by atoms with van der Waals surface area (Å²) in [6, 6.07) is 1.88. The van der Waals surface area contributed by atoms with Crippen molar-refractivity contribution in [2.75, 3.05) is 45.3 Å². The molecule has 3 rings (SSSR count). The van der Waals surface area contributed by atoms with E-state index in [9.17, 15) is 0 Å². The van der Waals surface area contributed by atoms with E-state index in [-0.39, 0.29) is 0 Å². The largest absolute Gasteiger partial charge is 0.496 e. The predicted molar refractivity (Wildman–Crippen MR) is 96.3 cm³/mol. The molecular weight excluding hydrogens is 318 g/mol. The monoisotopic (exact) mass is 343 g/mol. The van der Waals surface area contributed by atoms with E-state index in [1.807, 2.05) is 19.2 Å². The molecule has 2 aromatic heterocycles. The zero-order chi connectivity index (χ0) is 17.8. The van der Waals surface area contributed by atoms with Crippen LogP contribution < -0.4 is 14.4 Å². The van der Waals surface area contributed by atoms with Gasteiger partial charge >= 0.3 is 0 Å². The summed E-state index contributed by atoms with van der Waals surface area (Å²) in [5, 5.41) is 0. The van der Waals surface area contributed by atoms with Gasteiger partial charge in [0.25, 0.3) is 0 Å². The second-order valence-electron chi connectivity index (χ2n) is 6.23. The van der Waals surface area contributed by atoms with Gasteiger partial charge in [-0.2, -0.15) is 0 Å². The first-order chi connectivity index (χ1) is 12.1. The maximum atomic E-state index is 5.51. The molecule has 0 atom stereocenters. The highest BCUT2D eigenvalue weighted by atomic mass is 16.5. The van der Waals surface area contributed by atoms with E-state index in [4.69, 9.17) is 9.47 Å². The van der Waals surface area contributed by atoms with Gasteiger partial charge in [0.05, 0.1) is 19.9 Å². The van der Waals surface area contributed by atoms with E-state index in [2.05, 4.69) is 31.7 Å². The lowest BCUT2D eigenvalue weighted by Gasteiger charge is -2.35. The minimum atomic E-state index is 0.596.